The zero-order valence-corrected chi connectivity index (χ0v) is 13.5. The first-order valence-electron chi connectivity index (χ1n) is 7.92. The van der Waals surface area contributed by atoms with Gasteiger partial charge in [0.2, 0.25) is 5.91 Å². The van der Waals surface area contributed by atoms with Gasteiger partial charge in [0.1, 0.15) is 0 Å². The molecule has 0 fully saturated rings. The number of rotatable bonds is 4. The van der Waals surface area contributed by atoms with Crippen molar-refractivity contribution in [3.63, 3.8) is 0 Å². The lowest BCUT2D eigenvalue weighted by Crippen LogP contribution is -2.27. The third-order valence-corrected chi connectivity index (χ3v) is 4.73. The number of nitrogens with zero attached hydrogens (tertiary/aromatic N) is 2. The summed E-state index contributed by atoms with van der Waals surface area (Å²) in [5.41, 5.74) is 6.02. The van der Waals surface area contributed by atoms with Crippen molar-refractivity contribution in [2.75, 3.05) is 0 Å². The van der Waals surface area contributed by atoms with Gasteiger partial charge >= 0.3 is 0 Å². The Morgan fingerprint density at radius 2 is 2.14 bits per heavy atom. The number of hydrogen-bond donors (Lipinski definition) is 1. The van der Waals surface area contributed by atoms with Crippen LogP contribution in [0.1, 0.15) is 47.0 Å². The van der Waals surface area contributed by atoms with Crippen LogP contribution >= 0.6 is 0 Å². The number of aryl methyl sites for hydroxylation is 3. The molecule has 1 aliphatic carbocycles. The zero-order chi connectivity index (χ0) is 15.7. The van der Waals surface area contributed by atoms with E-state index >= 15 is 0 Å². The van der Waals surface area contributed by atoms with Crippen molar-refractivity contribution in [1.82, 2.24) is 15.1 Å². The summed E-state index contributed by atoms with van der Waals surface area (Å²) in [5.74, 6) is 0.129. The van der Waals surface area contributed by atoms with Crippen molar-refractivity contribution >= 4 is 5.91 Å². The fourth-order valence-corrected chi connectivity index (χ4v) is 3.39. The van der Waals surface area contributed by atoms with Crippen LogP contribution in [0.5, 0.6) is 0 Å². The van der Waals surface area contributed by atoms with Crippen LogP contribution in [0.15, 0.2) is 24.3 Å². The third kappa shape index (κ3) is 2.78. The Bertz CT molecular complexity index is 702. The molecular weight excluding hydrogens is 274 g/mol. The molecule has 4 nitrogen and oxygen atoms in total. The van der Waals surface area contributed by atoms with Gasteiger partial charge in [0.15, 0.2) is 0 Å². The number of carbonyl (C=O) groups is 1. The molecule has 1 amide bonds. The van der Waals surface area contributed by atoms with Crippen LogP contribution in [0.4, 0.5) is 0 Å². The average Bonchev–Trinajstić information content (AvgIpc) is 3.00. The molecule has 1 atom stereocenters. The number of fused-ring (bicyclic) bond motifs is 1. The highest BCUT2D eigenvalue weighted by Crippen LogP contribution is 2.30. The van der Waals surface area contributed by atoms with Crippen LogP contribution in [0.2, 0.25) is 0 Å². The maximum Gasteiger partial charge on any atom is 0.220 e. The second-order valence-electron chi connectivity index (χ2n) is 6.13. The Hall–Kier alpha value is -2.10. The molecule has 22 heavy (non-hydrogen) atoms. The van der Waals surface area contributed by atoms with Crippen LogP contribution in [0.25, 0.3) is 0 Å². The minimum atomic E-state index is 0.129. The van der Waals surface area contributed by atoms with Crippen molar-refractivity contribution in [2.45, 2.75) is 45.6 Å². The molecule has 0 bridgehead atoms. The first-order valence-corrected chi connectivity index (χ1v) is 7.92. The SMILES string of the molecule is Cc1nn(C)c(C)c1CCC(=O)N[C@H]1CCc2ccccc21. The highest BCUT2D eigenvalue weighted by atomic mass is 16.1. The summed E-state index contributed by atoms with van der Waals surface area (Å²) < 4.78 is 1.88. The van der Waals surface area contributed by atoms with Crippen molar-refractivity contribution in [3.8, 4) is 0 Å². The maximum atomic E-state index is 12.3. The zero-order valence-electron chi connectivity index (χ0n) is 13.5. The van der Waals surface area contributed by atoms with Gasteiger partial charge < -0.3 is 5.32 Å². The van der Waals surface area contributed by atoms with Crippen molar-refractivity contribution in [1.29, 1.82) is 0 Å². The Morgan fingerprint density at radius 3 is 2.86 bits per heavy atom. The van der Waals surface area contributed by atoms with E-state index in [-0.39, 0.29) is 11.9 Å². The van der Waals surface area contributed by atoms with Gasteiger partial charge in [-0.2, -0.15) is 5.10 Å². The third-order valence-electron chi connectivity index (χ3n) is 4.73. The first-order chi connectivity index (χ1) is 10.6. The summed E-state index contributed by atoms with van der Waals surface area (Å²) in [6.07, 6.45) is 3.34. The predicted octanol–water partition coefficient (Wildman–Crippen LogP) is 2.77. The van der Waals surface area contributed by atoms with E-state index in [4.69, 9.17) is 0 Å². The molecule has 3 rings (SSSR count). The van der Waals surface area contributed by atoms with E-state index in [1.54, 1.807) is 0 Å². The Labute approximate surface area is 131 Å². The number of amides is 1. The minimum absolute atomic E-state index is 0.129. The molecule has 2 aromatic rings. The van der Waals surface area contributed by atoms with Crippen LogP contribution in [0, 0.1) is 13.8 Å². The lowest BCUT2D eigenvalue weighted by atomic mass is 10.1. The molecule has 1 aromatic carbocycles. The fraction of sp³-hybridized carbons (Fsp3) is 0.444. The standard InChI is InChI=1S/C18H23N3O/c1-12-15(13(2)21(3)20-12)9-11-18(22)19-17-10-8-14-6-4-5-7-16(14)17/h4-7,17H,8-11H2,1-3H3,(H,19,22)/t17-/m0/s1. The predicted molar refractivity (Wildman–Crippen MR) is 86.6 cm³/mol. The molecule has 0 radical (unpaired) electrons. The highest BCUT2D eigenvalue weighted by Gasteiger charge is 2.23. The second kappa shape index (κ2) is 5.95. The van der Waals surface area contributed by atoms with Crippen LogP contribution in [-0.4, -0.2) is 15.7 Å². The average molecular weight is 297 g/mol. The molecule has 0 spiro atoms. The lowest BCUT2D eigenvalue weighted by Gasteiger charge is -2.14. The molecule has 0 saturated heterocycles. The van der Waals surface area contributed by atoms with E-state index in [0.29, 0.717) is 6.42 Å². The maximum absolute atomic E-state index is 12.3. The molecular formula is C18H23N3O. The number of benzene rings is 1. The summed E-state index contributed by atoms with van der Waals surface area (Å²) in [7, 11) is 1.95. The van der Waals surface area contributed by atoms with E-state index in [0.717, 1.165) is 30.7 Å². The van der Waals surface area contributed by atoms with Crippen LogP contribution < -0.4 is 5.32 Å². The smallest absolute Gasteiger partial charge is 0.220 e. The minimum Gasteiger partial charge on any atom is -0.349 e. The van der Waals surface area contributed by atoms with E-state index in [1.165, 1.54) is 16.7 Å². The fourth-order valence-electron chi connectivity index (χ4n) is 3.39. The monoisotopic (exact) mass is 297 g/mol. The largest absolute Gasteiger partial charge is 0.349 e. The molecule has 1 heterocycles. The molecule has 0 aliphatic heterocycles. The van der Waals surface area contributed by atoms with E-state index in [2.05, 4.69) is 35.5 Å². The normalized spacial score (nSPS) is 16.6. The topological polar surface area (TPSA) is 46.9 Å². The van der Waals surface area contributed by atoms with Gasteiger partial charge in [0.05, 0.1) is 11.7 Å². The van der Waals surface area contributed by atoms with Crippen molar-refractivity contribution in [2.24, 2.45) is 7.05 Å². The molecule has 0 saturated carbocycles. The van der Waals surface area contributed by atoms with E-state index in [1.807, 2.05) is 24.7 Å². The summed E-state index contributed by atoms with van der Waals surface area (Å²) >= 11 is 0. The number of carbonyl (C=O) groups excluding carboxylic acids is 1. The van der Waals surface area contributed by atoms with Crippen LogP contribution in [0.3, 0.4) is 0 Å². The van der Waals surface area contributed by atoms with Gasteiger partial charge in [-0.3, -0.25) is 9.48 Å². The van der Waals surface area contributed by atoms with Gasteiger partial charge in [0, 0.05) is 19.2 Å². The first kappa shape index (κ1) is 14.8. The summed E-state index contributed by atoms with van der Waals surface area (Å²) in [6, 6.07) is 8.58. The van der Waals surface area contributed by atoms with Gasteiger partial charge in [0.25, 0.3) is 0 Å². The van der Waals surface area contributed by atoms with Gasteiger partial charge in [-0.15, -0.1) is 0 Å². The van der Waals surface area contributed by atoms with Crippen molar-refractivity contribution in [3.05, 3.63) is 52.3 Å². The number of nitrogens with one attached hydrogen (secondary N) is 1. The highest BCUT2D eigenvalue weighted by molar-refractivity contribution is 5.77. The summed E-state index contributed by atoms with van der Waals surface area (Å²) in [6.45, 7) is 4.06. The Kier molecular flexibility index (Phi) is 4.01. The summed E-state index contributed by atoms with van der Waals surface area (Å²) in [4.78, 5) is 12.3. The van der Waals surface area contributed by atoms with Gasteiger partial charge in [-0.05, 0) is 49.8 Å². The van der Waals surface area contributed by atoms with Gasteiger partial charge in [-0.1, -0.05) is 24.3 Å². The molecule has 116 valence electrons. The number of aromatic nitrogens is 2. The quantitative estimate of drug-likeness (QED) is 0.943. The lowest BCUT2D eigenvalue weighted by molar-refractivity contribution is -0.121. The molecule has 0 unspecified atom stereocenters. The van der Waals surface area contributed by atoms with Gasteiger partial charge in [-0.25, -0.2) is 0 Å². The second-order valence-corrected chi connectivity index (χ2v) is 6.13. The molecule has 4 heteroatoms. The Morgan fingerprint density at radius 1 is 1.36 bits per heavy atom. The van der Waals surface area contributed by atoms with E-state index in [9.17, 15) is 4.79 Å². The van der Waals surface area contributed by atoms with E-state index < -0.39 is 0 Å². The number of hydrogen-bond acceptors (Lipinski definition) is 2. The Balaban J connectivity index is 1.60. The molecule has 1 aliphatic rings. The van der Waals surface area contributed by atoms with Crippen LogP contribution in [-0.2, 0) is 24.7 Å². The van der Waals surface area contributed by atoms with Crippen molar-refractivity contribution < 1.29 is 4.79 Å². The molecule has 1 aromatic heterocycles. The molecule has 1 N–H and O–H groups in total. The summed E-state index contributed by atoms with van der Waals surface area (Å²) in [5, 5.41) is 7.59.